The van der Waals surface area contributed by atoms with Crippen LogP contribution < -0.4 is 16.0 Å². The van der Waals surface area contributed by atoms with E-state index in [1.807, 2.05) is 13.0 Å². The van der Waals surface area contributed by atoms with Crippen molar-refractivity contribution in [1.82, 2.24) is 4.57 Å². The Kier molecular flexibility index (Phi) is 9.64. The van der Waals surface area contributed by atoms with Crippen molar-refractivity contribution in [3.8, 4) is 5.75 Å². The molecule has 0 fully saturated rings. The molecule has 0 radical (unpaired) electrons. The topological polar surface area (TPSA) is 57.2 Å². The van der Waals surface area contributed by atoms with Gasteiger partial charge in [0.1, 0.15) is 0 Å². The van der Waals surface area contributed by atoms with Gasteiger partial charge in [-0.05, 0) is 25.0 Å². The third-order valence-electron chi connectivity index (χ3n) is 3.95. The third kappa shape index (κ3) is 7.12. The first-order valence-electron chi connectivity index (χ1n) is 8.76. The number of ether oxygens (including phenoxy) is 1. The maximum Gasteiger partial charge on any atom is 0.292 e. The lowest BCUT2D eigenvalue weighted by Crippen LogP contribution is -2.31. The minimum Gasteiger partial charge on any atom is -0.488 e. The van der Waals surface area contributed by atoms with Crippen molar-refractivity contribution in [3.05, 3.63) is 28.7 Å². The number of pyridine rings is 1. The van der Waals surface area contributed by atoms with Crippen LogP contribution in [0.25, 0.3) is 0 Å². The zero-order chi connectivity index (χ0) is 16.2. The largest absolute Gasteiger partial charge is 0.488 e. The fraction of sp³-hybridized carbons (Fsp3) is 0.722. The molecular weight excluding hydrogens is 276 g/mol. The molecule has 1 atom stereocenters. The highest BCUT2D eigenvalue weighted by molar-refractivity contribution is 5.17. The summed E-state index contributed by atoms with van der Waals surface area (Å²) in [6.45, 7) is 5.42. The molecule has 2 N–H and O–H groups in total. The Labute approximate surface area is 134 Å². The van der Waals surface area contributed by atoms with E-state index >= 15 is 0 Å². The number of nitrogens with two attached hydrogens (primary N) is 1. The molecule has 1 unspecified atom stereocenters. The highest BCUT2D eigenvalue weighted by atomic mass is 16.5. The molecule has 0 saturated carbocycles. The normalized spacial score (nSPS) is 12.3. The second-order valence-electron chi connectivity index (χ2n) is 5.97. The summed E-state index contributed by atoms with van der Waals surface area (Å²) in [6.07, 6.45) is 11.3. The number of unbranched alkanes of at least 4 members (excludes halogenated alkanes) is 6. The van der Waals surface area contributed by atoms with E-state index in [4.69, 9.17) is 10.5 Å². The third-order valence-corrected chi connectivity index (χ3v) is 3.95. The number of hydrogen-bond donors (Lipinski definition) is 1. The lowest BCUT2D eigenvalue weighted by atomic mass is 10.1. The van der Waals surface area contributed by atoms with Gasteiger partial charge in [0.15, 0.2) is 5.75 Å². The predicted octanol–water partition coefficient (Wildman–Crippen LogP) is 3.72. The van der Waals surface area contributed by atoms with Crippen molar-refractivity contribution in [3.63, 3.8) is 0 Å². The summed E-state index contributed by atoms with van der Waals surface area (Å²) in [7, 11) is 0. The van der Waals surface area contributed by atoms with Crippen LogP contribution in [-0.2, 0) is 6.54 Å². The van der Waals surface area contributed by atoms with E-state index in [1.165, 1.54) is 38.5 Å². The van der Waals surface area contributed by atoms with Crippen molar-refractivity contribution in [2.24, 2.45) is 5.73 Å². The second-order valence-corrected chi connectivity index (χ2v) is 5.97. The van der Waals surface area contributed by atoms with Gasteiger partial charge in [-0.1, -0.05) is 52.4 Å². The van der Waals surface area contributed by atoms with Crippen LogP contribution in [0, 0.1) is 0 Å². The molecule has 0 aromatic carbocycles. The molecule has 0 saturated heterocycles. The molecule has 4 nitrogen and oxygen atoms in total. The average Bonchev–Trinajstić information content (AvgIpc) is 2.53. The molecule has 126 valence electrons. The molecule has 1 aromatic heterocycles. The van der Waals surface area contributed by atoms with Gasteiger partial charge in [-0.2, -0.15) is 0 Å². The van der Waals surface area contributed by atoms with Crippen LogP contribution in [0.15, 0.2) is 23.1 Å². The highest BCUT2D eigenvalue weighted by Crippen LogP contribution is 2.08. The van der Waals surface area contributed by atoms with Crippen molar-refractivity contribution in [1.29, 1.82) is 0 Å². The fourth-order valence-corrected chi connectivity index (χ4v) is 2.39. The van der Waals surface area contributed by atoms with Crippen molar-refractivity contribution in [2.75, 3.05) is 6.61 Å². The minimum atomic E-state index is -0.0747. The highest BCUT2D eigenvalue weighted by Gasteiger charge is 2.07. The lowest BCUT2D eigenvalue weighted by molar-refractivity contribution is 0.297. The quantitative estimate of drug-likeness (QED) is 0.599. The zero-order valence-electron chi connectivity index (χ0n) is 14.2. The lowest BCUT2D eigenvalue weighted by Gasteiger charge is -2.13. The smallest absolute Gasteiger partial charge is 0.292 e. The number of hydrogen-bond acceptors (Lipinski definition) is 3. The van der Waals surface area contributed by atoms with Crippen molar-refractivity contribution in [2.45, 2.75) is 77.8 Å². The summed E-state index contributed by atoms with van der Waals surface area (Å²) >= 11 is 0. The molecule has 0 aliphatic heterocycles. The Bertz CT molecular complexity index is 457. The van der Waals surface area contributed by atoms with Crippen molar-refractivity contribution < 1.29 is 4.74 Å². The molecule has 4 heteroatoms. The number of rotatable bonds is 12. The van der Waals surface area contributed by atoms with E-state index in [-0.39, 0.29) is 11.6 Å². The van der Waals surface area contributed by atoms with E-state index < -0.39 is 0 Å². The monoisotopic (exact) mass is 308 g/mol. The van der Waals surface area contributed by atoms with E-state index in [1.54, 1.807) is 16.8 Å². The summed E-state index contributed by atoms with van der Waals surface area (Å²) in [5.74, 6) is 0.441. The Hall–Kier alpha value is -1.29. The van der Waals surface area contributed by atoms with Gasteiger partial charge in [0.25, 0.3) is 5.56 Å². The van der Waals surface area contributed by atoms with Gasteiger partial charge >= 0.3 is 0 Å². The van der Waals surface area contributed by atoms with Crippen molar-refractivity contribution >= 4 is 0 Å². The molecule has 22 heavy (non-hydrogen) atoms. The number of aromatic nitrogens is 1. The van der Waals surface area contributed by atoms with Crippen LogP contribution in [0.5, 0.6) is 5.75 Å². The average molecular weight is 308 g/mol. The van der Waals surface area contributed by atoms with E-state index in [9.17, 15) is 4.79 Å². The SMILES string of the molecule is CCCCCCCCCOc1cccn(CC(N)CC)c1=O. The zero-order valence-corrected chi connectivity index (χ0v) is 14.2. The van der Waals surface area contributed by atoms with Crippen LogP contribution in [0.2, 0.25) is 0 Å². The summed E-state index contributed by atoms with van der Waals surface area (Å²) < 4.78 is 7.29. The van der Waals surface area contributed by atoms with Crippen LogP contribution in [0.4, 0.5) is 0 Å². The first-order chi connectivity index (χ1) is 10.7. The van der Waals surface area contributed by atoms with E-state index in [2.05, 4.69) is 6.92 Å². The van der Waals surface area contributed by atoms with Crippen LogP contribution in [0.3, 0.4) is 0 Å². The Morgan fingerprint density at radius 1 is 1.14 bits per heavy atom. The van der Waals surface area contributed by atoms with E-state index in [0.29, 0.717) is 18.9 Å². The Morgan fingerprint density at radius 3 is 2.50 bits per heavy atom. The summed E-state index contributed by atoms with van der Waals surface area (Å²) in [5.41, 5.74) is 5.84. The molecule has 0 bridgehead atoms. The van der Waals surface area contributed by atoms with Gasteiger partial charge in [0.2, 0.25) is 0 Å². The fourth-order valence-electron chi connectivity index (χ4n) is 2.39. The molecule has 0 aliphatic rings. The Balaban J connectivity index is 2.31. The summed E-state index contributed by atoms with van der Waals surface area (Å²) in [4.78, 5) is 12.2. The van der Waals surface area contributed by atoms with Gasteiger partial charge in [-0.3, -0.25) is 4.79 Å². The molecule has 0 spiro atoms. The predicted molar refractivity (Wildman–Crippen MR) is 92.5 cm³/mol. The molecule has 1 rings (SSSR count). The summed E-state index contributed by atoms with van der Waals surface area (Å²) in [5, 5.41) is 0. The molecular formula is C18H32N2O2. The van der Waals surface area contributed by atoms with Gasteiger partial charge in [0.05, 0.1) is 6.61 Å². The summed E-state index contributed by atoms with van der Waals surface area (Å²) in [6, 6.07) is 3.61. The van der Waals surface area contributed by atoms with Crippen LogP contribution in [-0.4, -0.2) is 17.2 Å². The van der Waals surface area contributed by atoms with Gasteiger partial charge in [-0.25, -0.2) is 0 Å². The van der Waals surface area contributed by atoms with Crippen LogP contribution in [0.1, 0.15) is 65.2 Å². The van der Waals surface area contributed by atoms with Gasteiger partial charge in [-0.15, -0.1) is 0 Å². The second kappa shape index (κ2) is 11.3. The standard InChI is InChI=1S/C18H32N2O2/c1-3-5-6-7-8-9-10-14-22-17-12-11-13-20(18(17)21)15-16(19)4-2/h11-13,16H,3-10,14-15,19H2,1-2H3. The minimum absolute atomic E-state index is 0.0103. The first-order valence-corrected chi connectivity index (χ1v) is 8.76. The number of nitrogens with zero attached hydrogens (tertiary/aromatic N) is 1. The Morgan fingerprint density at radius 2 is 1.82 bits per heavy atom. The maximum atomic E-state index is 12.2. The van der Waals surface area contributed by atoms with Crippen LogP contribution >= 0.6 is 0 Å². The molecule has 1 aromatic rings. The molecule has 0 amide bonds. The maximum absolute atomic E-state index is 12.2. The first kappa shape index (κ1) is 18.8. The van der Waals surface area contributed by atoms with Gasteiger partial charge < -0.3 is 15.0 Å². The van der Waals surface area contributed by atoms with Gasteiger partial charge in [0, 0.05) is 18.8 Å². The van der Waals surface area contributed by atoms with E-state index in [0.717, 1.165) is 12.8 Å². The molecule has 0 aliphatic carbocycles. The molecule has 1 heterocycles.